The molecular weight excluding hydrogens is 712 g/mol. The fourth-order valence-electron chi connectivity index (χ4n) is 5.30. The van der Waals surface area contributed by atoms with Gasteiger partial charge in [0.15, 0.2) is 0 Å². The molecule has 0 N–H and O–H groups in total. The standard InChI is InChI=1S/3C12H17N.U/c3*1-8(2)10-6-5-7-11(9(3)4)12(10)13;/h3*5-9H,1-4H3;. The molecule has 0 aliphatic rings. The van der Waals surface area contributed by atoms with Crippen LogP contribution in [0.1, 0.15) is 152 Å². The summed E-state index contributed by atoms with van der Waals surface area (Å²) in [4.78, 5) is 0. The third-order valence-corrected chi connectivity index (χ3v) is 13.0. The van der Waals surface area contributed by atoms with Gasteiger partial charge in [-0.25, -0.2) is 0 Å². The zero-order valence-corrected chi connectivity index (χ0v) is 31.2. The molecule has 0 saturated heterocycles. The third kappa shape index (κ3) is 7.69. The van der Waals surface area contributed by atoms with E-state index in [4.69, 9.17) is 6.77 Å². The molecule has 0 aromatic heterocycles. The molecule has 0 unspecified atom stereocenters. The van der Waals surface area contributed by atoms with Crippen molar-refractivity contribution in [1.82, 2.24) is 0 Å². The van der Waals surface area contributed by atoms with Gasteiger partial charge in [0.25, 0.3) is 0 Å². The van der Waals surface area contributed by atoms with Gasteiger partial charge in [-0.05, 0) is 0 Å². The summed E-state index contributed by atoms with van der Waals surface area (Å²) in [7, 11) is 0. The Balaban J connectivity index is 2.61. The van der Waals surface area contributed by atoms with Crippen LogP contribution in [-0.2, 0) is 0 Å². The Kier molecular flexibility index (Phi) is 11.7. The van der Waals surface area contributed by atoms with Crippen molar-refractivity contribution < 1.29 is 25.6 Å². The Morgan fingerprint density at radius 3 is 0.675 bits per heavy atom. The molecule has 214 valence electrons. The number of hydrogen-bond acceptors (Lipinski definition) is 3. The van der Waals surface area contributed by atoms with Crippen molar-refractivity contribution in [3.63, 3.8) is 0 Å². The SMILES string of the molecule is CC(C)c1cccc(C(C)C)c1[N]=[U](=[N]c1c(C(C)C)cccc1C(C)C)=[N]c1c(C(C)C)cccc1C(C)C. The molecule has 0 atom stereocenters. The molecule has 0 fully saturated rings. The molecule has 0 saturated carbocycles. The molecule has 0 amide bonds. The molecule has 3 aromatic carbocycles. The molecule has 0 radical (unpaired) electrons. The first kappa shape index (κ1) is 32.6. The molecule has 0 aliphatic carbocycles. The molecule has 3 aromatic rings. The minimum atomic E-state index is -3.58. The monoisotopic (exact) mass is 763 g/mol. The van der Waals surface area contributed by atoms with E-state index in [2.05, 4.69) is 138 Å². The van der Waals surface area contributed by atoms with E-state index in [1.807, 2.05) is 0 Å². The van der Waals surface area contributed by atoms with Crippen molar-refractivity contribution in [2.24, 2.45) is 6.77 Å². The van der Waals surface area contributed by atoms with Crippen LogP contribution in [0.3, 0.4) is 0 Å². The van der Waals surface area contributed by atoms with Gasteiger partial charge in [0.2, 0.25) is 0 Å². The summed E-state index contributed by atoms with van der Waals surface area (Å²) in [5.41, 5.74) is 11.3. The Hall–Kier alpha value is -1.89. The Morgan fingerprint density at radius 1 is 0.350 bits per heavy atom. The van der Waals surface area contributed by atoms with Crippen molar-refractivity contribution in [3.05, 3.63) is 88.0 Å². The molecule has 0 spiro atoms. The van der Waals surface area contributed by atoms with Crippen molar-refractivity contribution in [2.75, 3.05) is 0 Å². The van der Waals surface area contributed by atoms with Crippen molar-refractivity contribution in [2.45, 2.75) is 119 Å². The van der Waals surface area contributed by atoms with E-state index < -0.39 is 25.6 Å². The van der Waals surface area contributed by atoms with Crippen LogP contribution in [0.2, 0.25) is 0 Å². The second-order valence-electron chi connectivity index (χ2n) is 12.9. The zero-order chi connectivity index (χ0) is 29.7. The van der Waals surface area contributed by atoms with E-state index in [1.165, 1.54) is 33.4 Å². The van der Waals surface area contributed by atoms with E-state index >= 15 is 0 Å². The van der Waals surface area contributed by atoms with Gasteiger partial charge in [0, 0.05) is 0 Å². The van der Waals surface area contributed by atoms with Crippen LogP contribution >= 0.6 is 0 Å². The minimum absolute atomic E-state index is 0.384. The van der Waals surface area contributed by atoms with E-state index in [0.717, 1.165) is 17.1 Å². The van der Waals surface area contributed by atoms with Crippen molar-refractivity contribution in [1.29, 1.82) is 0 Å². The van der Waals surface area contributed by atoms with Crippen LogP contribution in [0.4, 0.5) is 17.1 Å². The molecule has 3 nitrogen and oxygen atoms in total. The third-order valence-electron chi connectivity index (χ3n) is 7.66. The van der Waals surface area contributed by atoms with E-state index in [1.54, 1.807) is 0 Å². The van der Waals surface area contributed by atoms with Crippen LogP contribution in [-0.4, -0.2) is 0 Å². The normalized spacial score (nSPS) is 11.8. The molecule has 0 heterocycles. The predicted molar refractivity (Wildman–Crippen MR) is 170 cm³/mol. The first-order chi connectivity index (χ1) is 18.8. The molecule has 3 rings (SSSR count). The molecule has 4 heteroatoms. The summed E-state index contributed by atoms with van der Waals surface area (Å²) in [6, 6.07) is 20.1. The molecule has 0 bridgehead atoms. The van der Waals surface area contributed by atoms with Crippen molar-refractivity contribution >= 4 is 17.1 Å². The quantitative estimate of drug-likeness (QED) is 0.208. The topological polar surface area (TPSA) is 37.1 Å². The van der Waals surface area contributed by atoms with E-state index in [0.29, 0.717) is 35.5 Å². The molecule has 40 heavy (non-hydrogen) atoms. The maximum atomic E-state index is 5.68. The first-order valence-electron chi connectivity index (χ1n) is 15.2. The number of rotatable bonds is 9. The van der Waals surface area contributed by atoms with Gasteiger partial charge in [-0.2, -0.15) is 0 Å². The van der Waals surface area contributed by atoms with Gasteiger partial charge in [-0.15, -0.1) is 0 Å². The van der Waals surface area contributed by atoms with Gasteiger partial charge in [-0.3, -0.25) is 0 Å². The summed E-state index contributed by atoms with van der Waals surface area (Å²) < 4.78 is 17.0. The van der Waals surface area contributed by atoms with E-state index in [-0.39, 0.29) is 0 Å². The summed E-state index contributed by atoms with van der Waals surface area (Å²) >= 11 is -3.58. The van der Waals surface area contributed by atoms with Gasteiger partial charge < -0.3 is 0 Å². The Bertz CT molecular complexity index is 1210. The predicted octanol–water partition coefficient (Wildman–Crippen LogP) is 12.9. The van der Waals surface area contributed by atoms with Gasteiger partial charge in [-0.1, -0.05) is 0 Å². The van der Waals surface area contributed by atoms with Crippen LogP contribution in [0.15, 0.2) is 61.4 Å². The average molecular weight is 764 g/mol. The summed E-state index contributed by atoms with van der Waals surface area (Å²) in [5, 5.41) is 0. The molecule has 0 aliphatic heterocycles. The summed E-state index contributed by atoms with van der Waals surface area (Å²) in [6.45, 7) is 27.3. The number of hydrogen-bond donors (Lipinski definition) is 0. The van der Waals surface area contributed by atoms with Crippen molar-refractivity contribution in [3.8, 4) is 0 Å². The van der Waals surface area contributed by atoms with E-state index in [9.17, 15) is 0 Å². The van der Waals surface area contributed by atoms with Crippen LogP contribution in [0.25, 0.3) is 0 Å². The summed E-state index contributed by atoms with van der Waals surface area (Å²) in [6.07, 6.45) is 0. The second kappa shape index (κ2) is 14.3. The fraction of sp³-hybridized carbons (Fsp3) is 0.500. The van der Waals surface area contributed by atoms with Gasteiger partial charge in [0.1, 0.15) is 0 Å². The van der Waals surface area contributed by atoms with Crippen LogP contribution < -0.4 is 0 Å². The van der Waals surface area contributed by atoms with Gasteiger partial charge >= 0.3 is 256 Å². The zero-order valence-electron chi connectivity index (χ0n) is 27.0. The molecular formula is C36H51N3U. The number of benzene rings is 3. The second-order valence-corrected chi connectivity index (χ2v) is 18.2. The van der Waals surface area contributed by atoms with Crippen LogP contribution in [0.5, 0.6) is 0 Å². The fourth-order valence-corrected chi connectivity index (χ4v) is 11.6. The van der Waals surface area contributed by atoms with Gasteiger partial charge in [0.05, 0.1) is 0 Å². The first-order valence-corrected chi connectivity index (χ1v) is 20.8. The number of nitrogens with zero attached hydrogens (tertiary/aromatic N) is 3. The Morgan fingerprint density at radius 2 is 0.525 bits per heavy atom. The van der Waals surface area contributed by atoms with Crippen LogP contribution in [0, 0.1) is 25.6 Å². The maximum absolute atomic E-state index is 5.68. The summed E-state index contributed by atoms with van der Waals surface area (Å²) in [5.74, 6) is 2.31. The average Bonchev–Trinajstić information content (AvgIpc) is 2.88. The Labute approximate surface area is 254 Å².